The molecule has 3 unspecified atom stereocenters. The summed E-state index contributed by atoms with van der Waals surface area (Å²) in [5.41, 5.74) is 0.238. The van der Waals surface area contributed by atoms with E-state index in [9.17, 15) is 24.0 Å². The van der Waals surface area contributed by atoms with Gasteiger partial charge < -0.3 is 14.7 Å². The number of pyridine rings is 1. The van der Waals surface area contributed by atoms with Gasteiger partial charge in [0.25, 0.3) is 0 Å². The van der Waals surface area contributed by atoms with Gasteiger partial charge in [-0.2, -0.15) is 0 Å². The molecule has 6 nitrogen and oxygen atoms in total. The number of aliphatic hydroxyl groups is 1. The maximum Gasteiger partial charge on any atom is 0.335 e. The Morgan fingerprint density at radius 1 is 1.14 bits per heavy atom. The van der Waals surface area contributed by atoms with Crippen LogP contribution in [0.2, 0.25) is 0 Å². The van der Waals surface area contributed by atoms with Crippen molar-refractivity contribution in [2.75, 3.05) is 7.11 Å². The van der Waals surface area contributed by atoms with Crippen molar-refractivity contribution in [3.63, 3.8) is 0 Å². The molecule has 3 atom stereocenters. The highest BCUT2D eigenvalue weighted by atomic mass is 31.1. The average Bonchev–Trinajstić information content (AvgIpc) is 2.84. The highest BCUT2D eigenvalue weighted by Crippen LogP contribution is 2.54. The maximum atomic E-state index is 13.8. The fourth-order valence-corrected chi connectivity index (χ4v) is 5.32. The van der Waals surface area contributed by atoms with Crippen molar-refractivity contribution in [1.82, 2.24) is 4.98 Å². The van der Waals surface area contributed by atoms with E-state index in [2.05, 4.69) is 5.92 Å². The van der Waals surface area contributed by atoms with Crippen LogP contribution in [0.15, 0.2) is 60.7 Å². The van der Waals surface area contributed by atoms with Gasteiger partial charge in [-0.3, -0.25) is 4.57 Å². The highest BCUT2D eigenvalue weighted by Gasteiger charge is 2.60. The van der Waals surface area contributed by atoms with E-state index in [0.29, 0.717) is 16.8 Å². The fraction of sp³-hybridized carbons (Fsp3) is 0.259. The van der Waals surface area contributed by atoms with Gasteiger partial charge in [0.1, 0.15) is 11.4 Å². The van der Waals surface area contributed by atoms with Gasteiger partial charge in [-0.05, 0) is 48.7 Å². The van der Waals surface area contributed by atoms with Crippen LogP contribution < -0.4 is 0 Å². The Kier molecular flexibility index (Phi) is 7.62. The molecule has 0 aliphatic rings. The van der Waals surface area contributed by atoms with Gasteiger partial charge in [0, 0.05) is 23.8 Å². The molecule has 3 aromatic rings. The third-order valence-corrected chi connectivity index (χ3v) is 7.93. The Morgan fingerprint density at radius 2 is 1.74 bits per heavy atom. The molecule has 182 valence electrons. The number of terminal acetylenes is 1. The molecule has 0 saturated heterocycles. The Labute approximate surface area is 204 Å². The predicted octanol–water partition coefficient (Wildman–Crippen LogP) is 5.46. The molecular weight excluding hydrogens is 468 g/mol. The van der Waals surface area contributed by atoms with Gasteiger partial charge in [0.2, 0.25) is 13.2 Å². The van der Waals surface area contributed by atoms with E-state index in [1.54, 1.807) is 6.07 Å². The van der Waals surface area contributed by atoms with Crippen LogP contribution in [-0.2, 0) is 19.5 Å². The van der Waals surface area contributed by atoms with Crippen molar-refractivity contribution in [2.24, 2.45) is 0 Å². The molecule has 2 N–H and O–H groups in total. The summed E-state index contributed by atoms with van der Waals surface area (Å²) < 4.78 is 31.7. The second-order valence-electron chi connectivity index (χ2n) is 8.61. The number of nitrogens with zero attached hydrogens (tertiary/aromatic N) is 1. The lowest BCUT2D eigenvalue weighted by Crippen LogP contribution is -2.53. The van der Waals surface area contributed by atoms with Gasteiger partial charge >= 0.3 is 5.97 Å². The zero-order chi connectivity index (χ0) is 26.0. The first-order chi connectivity index (χ1) is 16.5. The normalized spacial score (nSPS) is 15.6. The van der Waals surface area contributed by atoms with E-state index in [1.165, 1.54) is 31.2 Å². The summed E-state index contributed by atoms with van der Waals surface area (Å²) in [5.74, 6) is -0.289. The van der Waals surface area contributed by atoms with Gasteiger partial charge in [-0.1, -0.05) is 50.1 Å². The lowest BCUT2D eigenvalue weighted by atomic mass is 9.76. The number of hydrogen-bond donors (Lipinski definition) is 2. The summed E-state index contributed by atoms with van der Waals surface area (Å²) in [6.45, 7) is 4.95. The first-order valence-corrected chi connectivity index (χ1v) is 12.2. The third-order valence-electron chi connectivity index (χ3n) is 6.11. The topological polar surface area (TPSA) is 96.7 Å². The molecule has 0 amide bonds. The van der Waals surface area contributed by atoms with Crippen molar-refractivity contribution in [2.45, 2.75) is 37.4 Å². The zero-order valence-electron chi connectivity index (χ0n) is 19.9. The van der Waals surface area contributed by atoms with Crippen LogP contribution >= 0.6 is 8.03 Å². The Bertz CT molecular complexity index is 1300. The molecule has 0 fully saturated rings. The van der Waals surface area contributed by atoms with E-state index < -0.39 is 30.6 Å². The first-order valence-electron chi connectivity index (χ1n) is 10.9. The number of benzene rings is 2. The Hall–Kier alpha value is -3.30. The van der Waals surface area contributed by atoms with Crippen molar-refractivity contribution < 1.29 is 28.5 Å². The summed E-state index contributed by atoms with van der Waals surface area (Å²) in [5, 5.41) is 19.5. The number of hydrogen-bond acceptors (Lipinski definition) is 5. The second kappa shape index (κ2) is 10.1. The molecule has 3 rings (SSSR count). The van der Waals surface area contributed by atoms with Gasteiger partial charge in [0.15, 0.2) is 0 Å². The SMILES string of the molecule is C#CC(C(=O)O)([PH](=O)OC)C(C)(O)c1c(C(C)C)cc(-c2ccccc2)nc1-c1ccc(F)cc1. The van der Waals surface area contributed by atoms with Gasteiger partial charge in [-0.25, -0.2) is 14.2 Å². The van der Waals surface area contributed by atoms with Crippen LogP contribution in [0.1, 0.15) is 37.8 Å². The van der Waals surface area contributed by atoms with E-state index in [-0.39, 0.29) is 17.2 Å². The second-order valence-corrected chi connectivity index (χ2v) is 10.3. The average molecular weight is 495 g/mol. The quantitative estimate of drug-likeness (QED) is 0.318. The molecule has 8 heteroatoms. The number of halogens is 1. The van der Waals surface area contributed by atoms with Crippen molar-refractivity contribution in [3.8, 4) is 34.9 Å². The predicted molar refractivity (Wildman–Crippen MR) is 134 cm³/mol. The number of aliphatic carboxylic acids is 1. The Morgan fingerprint density at radius 3 is 2.23 bits per heavy atom. The number of aromatic nitrogens is 1. The number of carboxylic acid groups (broad SMARTS) is 1. The standard InChI is InChI=1S/C27H27FNO5P/c1-6-27(25(30)31,35(33)34-5)26(4,32)23-21(17(2)3)16-22(18-10-8-7-9-11-18)29-24(23)19-12-14-20(28)15-13-19/h1,7-17,32,35H,2-5H3,(H,30,31). The lowest BCUT2D eigenvalue weighted by Gasteiger charge is -2.40. The van der Waals surface area contributed by atoms with Crippen molar-refractivity contribution in [3.05, 3.63) is 77.6 Å². The van der Waals surface area contributed by atoms with Gasteiger partial charge in [0.05, 0.1) is 11.4 Å². The molecule has 1 aromatic heterocycles. The molecule has 1 heterocycles. The first kappa shape index (κ1) is 26.3. The monoisotopic (exact) mass is 495 g/mol. The molecule has 35 heavy (non-hydrogen) atoms. The van der Waals surface area contributed by atoms with Crippen LogP contribution in [0.5, 0.6) is 0 Å². The number of carbonyl (C=O) groups is 1. The third kappa shape index (κ3) is 4.53. The molecule has 0 aliphatic carbocycles. The van der Waals surface area contributed by atoms with Crippen molar-refractivity contribution in [1.29, 1.82) is 0 Å². The molecule has 0 radical (unpaired) electrons. The minimum Gasteiger partial charge on any atom is -0.480 e. The lowest BCUT2D eigenvalue weighted by molar-refractivity contribution is -0.145. The number of rotatable bonds is 8. The molecular formula is C27H27FNO5P. The van der Waals surface area contributed by atoms with Crippen LogP contribution in [0.25, 0.3) is 22.5 Å². The van der Waals surface area contributed by atoms with Gasteiger partial charge in [-0.15, -0.1) is 6.42 Å². The van der Waals surface area contributed by atoms with E-state index in [4.69, 9.17) is 15.9 Å². The number of carboxylic acids is 1. The van der Waals surface area contributed by atoms with E-state index in [1.807, 2.05) is 44.2 Å². The van der Waals surface area contributed by atoms with Crippen LogP contribution in [0.3, 0.4) is 0 Å². The molecule has 0 spiro atoms. The van der Waals surface area contributed by atoms with Crippen molar-refractivity contribution >= 4 is 14.0 Å². The summed E-state index contributed by atoms with van der Waals surface area (Å²) >= 11 is 0. The molecule has 0 aliphatic heterocycles. The van der Waals surface area contributed by atoms with E-state index >= 15 is 0 Å². The summed E-state index contributed by atoms with van der Waals surface area (Å²) in [6, 6.07) is 16.5. The van der Waals surface area contributed by atoms with Crippen LogP contribution in [-0.4, -0.2) is 33.4 Å². The minimum atomic E-state index is -3.51. The summed E-state index contributed by atoms with van der Waals surface area (Å²) in [6.07, 6.45) is 5.65. The fourth-order valence-electron chi connectivity index (χ4n) is 4.20. The Balaban J connectivity index is 2.51. The largest absolute Gasteiger partial charge is 0.480 e. The van der Waals surface area contributed by atoms with E-state index in [0.717, 1.165) is 12.7 Å². The molecule has 2 aromatic carbocycles. The van der Waals surface area contributed by atoms with Crippen LogP contribution in [0, 0.1) is 18.2 Å². The summed E-state index contributed by atoms with van der Waals surface area (Å²) in [7, 11) is -2.44. The smallest absolute Gasteiger partial charge is 0.335 e. The molecule has 0 saturated carbocycles. The molecule has 0 bridgehead atoms. The zero-order valence-corrected chi connectivity index (χ0v) is 20.9. The minimum absolute atomic E-state index is 0.0922. The highest BCUT2D eigenvalue weighted by molar-refractivity contribution is 7.43. The summed E-state index contributed by atoms with van der Waals surface area (Å²) in [4.78, 5) is 17.3. The maximum absolute atomic E-state index is 13.8. The van der Waals surface area contributed by atoms with Crippen LogP contribution in [0.4, 0.5) is 4.39 Å².